The van der Waals surface area contributed by atoms with Gasteiger partial charge in [0.2, 0.25) is 0 Å². The maximum absolute atomic E-state index is 10.6. The third kappa shape index (κ3) is 3.17. The van der Waals surface area contributed by atoms with Gasteiger partial charge in [-0.25, -0.2) is 0 Å². The summed E-state index contributed by atoms with van der Waals surface area (Å²) in [5.74, 6) is 1.45. The van der Waals surface area contributed by atoms with E-state index in [-0.39, 0.29) is 0 Å². The van der Waals surface area contributed by atoms with Gasteiger partial charge < -0.3 is 0 Å². The average Bonchev–Trinajstić information content (AvgIpc) is 2.37. The van der Waals surface area contributed by atoms with E-state index in [1.54, 1.807) is 6.08 Å². The molecule has 0 aliphatic heterocycles. The zero-order valence-corrected chi connectivity index (χ0v) is 14.4. The molecule has 118 valence electrons. The number of fused-ring (bicyclic) bond motifs is 1. The molecule has 2 fully saturated rings. The Balaban J connectivity index is 2.19. The zero-order chi connectivity index (χ0) is 15.7. The second-order valence-electron chi connectivity index (χ2n) is 8.34. The van der Waals surface area contributed by atoms with Gasteiger partial charge in [0.25, 0.3) is 0 Å². The van der Waals surface area contributed by atoms with Crippen LogP contribution in [0.2, 0.25) is 0 Å². The van der Waals surface area contributed by atoms with Gasteiger partial charge in [-0.3, -0.25) is 4.79 Å². The van der Waals surface area contributed by atoms with E-state index in [1.165, 1.54) is 43.3 Å². The molecule has 0 spiro atoms. The van der Waals surface area contributed by atoms with E-state index in [9.17, 15) is 4.79 Å². The first-order valence-electron chi connectivity index (χ1n) is 8.60. The Bertz CT molecular complexity index is 443. The molecule has 0 N–H and O–H groups in total. The monoisotopic (exact) mass is 288 g/mol. The Labute approximate surface area is 130 Å². The molecule has 0 aromatic carbocycles. The van der Waals surface area contributed by atoms with Gasteiger partial charge in [0.1, 0.15) is 6.29 Å². The van der Waals surface area contributed by atoms with Crippen molar-refractivity contribution in [3.05, 3.63) is 23.8 Å². The molecule has 2 aliphatic carbocycles. The van der Waals surface area contributed by atoms with E-state index in [4.69, 9.17) is 0 Å². The summed E-state index contributed by atoms with van der Waals surface area (Å²) in [6, 6.07) is 0. The van der Waals surface area contributed by atoms with Crippen LogP contribution in [0.25, 0.3) is 0 Å². The topological polar surface area (TPSA) is 17.1 Å². The molecule has 0 heterocycles. The lowest BCUT2D eigenvalue weighted by atomic mass is 9.47. The summed E-state index contributed by atoms with van der Waals surface area (Å²) >= 11 is 0. The number of rotatable bonds is 4. The van der Waals surface area contributed by atoms with E-state index in [2.05, 4.69) is 34.3 Å². The molecule has 0 aromatic heterocycles. The quantitative estimate of drug-likeness (QED) is 0.368. The van der Waals surface area contributed by atoms with Gasteiger partial charge >= 0.3 is 0 Å². The fraction of sp³-hybridized carbons (Fsp3) is 0.750. The predicted molar refractivity (Wildman–Crippen MR) is 90.1 cm³/mol. The van der Waals surface area contributed by atoms with Crippen LogP contribution in [0, 0.1) is 22.7 Å². The van der Waals surface area contributed by atoms with Crippen molar-refractivity contribution < 1.29 is 4.79 Å². The van der Waals surface area contributed by atoms with Crippen molar-refractivity contribution in [2.24, 2.45) is 22.7 Å². The molecule has 1 nitrogen and oxygen atoms in total. The van der Waals surface area contributed by atoms with Gasteiger partial charge in [0.15, 0.2) is 0 Å². The standard InChI is InChI=1S/C20H32O/c1-15(11-14-21)7-9-17-16(2)8-10-18-19(3,4)12-6-13-20(17,18)5/h11,14,17-18H,2,6-10,12-13H2,1,3-5H3/b15-11-/t17-,18?,20+/m0/s1. The number of aldehydes is 1. The molecule has 0 radical (unpaired) electrons. The molecule has 0 saturated heterocycles. The zero-order valence-electron chi connectivity index (χ0n) is 14.4. The minimum Gasteiger partial charge on any atom is -0.299 e. The van der Waals surface area contributed by atoms with Crippen LogP contribution in [0.3, 0.4) is 0 Å². The third-order valence-electron chi connectivity index (χ3n) is 6.50. The molecule has 21 heavy (non-hydrogen) atoms. The van der Waals surface area contributed by atoms with Crippen molar-refractivity contribution in [2.45, 2.75) is 72.6 Å². The van der Waals surface area contributed by atoms with E-state index < -0.39 is 0 Å². The summed E-state index contributed by atoms with van der Waals surface area (Å²) in [6.07, 6.45) is 11.4. The summed E-state index contributed by atoms with van der Waals surface area (Å²) in [7, 11) is 0. The summed E-state index contributed by atoms with van der Waals surface area (Å²) in [4.78, 5) is 10.6. The number of hydrogen-bond donors (Lipinski definition) is 0. The first kappa shape index (κ1) is 16.5. The van der Waals surface area contributed by atoms with Crippen molar-refractivity contribution >= 4 is 6.29 Å². The van der Waals surface area contributed by atoms with Gasteiger partial charge in [-0.15, -0.1) is 0 Å². The van der Waals surface area contributed by atoms with Crippen molar-refractivity contribution in [3.63, 3.8) is 0 Å². The van der Waals surface area contributed by atoms with Crippen LogP contribution in [0.5, 0.6) is 0 Å². The molecule has 0 aromatic rings. The summed E-state index contributed by atoms with van der Waals surface area (Å²) in [5, 5.41) is 0. The lowest BCUT2D eigenvalue weighted by Gasteiger charge is -2.58. The van der Waals surface area contributed by atoms with E-state index >= 15 is 0 Å². The molecule has 2 rings (SSSR count). The number of carbonyl (C=O) groups is 1. The Morgan fingerprint density at radius 3 is 2.71 bits per heavy atom. The van der Waals surface area contributed by atoms with Gasteiger partial charge in [-0.1, -0.05) is 44.9 Å². The van der Waals surface area contributed by atoms with Crippen LogP contribution < -0.4 is 0 Å². The molecule has 0 bridgehead atoms. The van der Waals surface area contributed by atoms with Crippen LogP contribution in [-0.4, -0.2) is 6.29 Å². The molecule has 2 aliphatic rings. The maximum atomic E-state index is 10.6. The summed E-state index contributed by atoms with van der Waals surface area (Å²) < 4.78 is 0. The highest BCUT2D eigenvalue weighted by Crippen LogP contribution is 2.61. The molecule has 1 unspecified atom stereocenters. The minimum absolute atomic E-state index is 0.415. The smallest absolute Gasteiger partial charge is 0.142 e. The van der Waals surface area contributed by atoms with Crippen LogP contribution in [0.1, 0.15) is 72.6 Å². The van der Waals surface area contributed by atoms with E-state index in [1.807, 2.05) is 0 Å². The number of hydrogen-bond acceptors (Lipinski definition) is 1. The second-order valence-corrected chi connectivity index (χ2v) is 8.34. The highest BCUT2D eigenvalue weighted by Gasteiger charge is 2.52. The minimum atomic E-state index is 0.415. The SMILES string of the molecule is C=C1CCC2C(C)(C)CCC[C@]2(C)[C@H]1CC/C(C)=C\C=O. The Kier molecular flexibility index (Phi) is 4.80. The van der Waals surface area contributed by atoms with Gasteiger partial charge in [-0.2, -0.15) is 0 Å². The second kappa shape index (κ2) is 6.10. The Morgan fingerprint density at radius 2 is 2.05 bits per heavy atom. The van der Waals surface area contributed by atoms with Crippen molar-refractivity contribution in [1.29, 1.82) is 0 Å². The molecule has 0 amide bonds. The van der Waals surface area contributed by atoms with Crippen LogP contribution in [-0.2, 0) is 4.79 Å². The van der Waals surface area contributed by atoms with Gasteiger partial charge in [0, 0.05) is 0 Å². The maximum Gasteiger partial charge on any atom is 0.142 e. The Hall–Kier alpha value is -0.850. The van der Waals surface area contributed by atoms with Gasteiger partial charge in [-0.05, 0) is 74.2 Å². The molecule has 2 saturated carbocycles. The summed E-state index contributed by atoms with van der Waals surface area (Å²) in [6.45, 7) is 13.9. The van der Waals surface area contributed by atoms with E-state index in [0.717, 1.165) is 25.0 Å². The highest BCUT2D eigenvalue weighted by atomic mass is 16.1. The largest absolute Gasteiger partial charge is 0.299 e. The fourth-order valence-corrected chi connectivity index (χ4v) is 5.38. The first-order valence-corrected chi connectivity index (χ1v) is 8.60. The molecular weight excluding hydrogens is 256 g/mol. The normalized spacial score (nSPS) is 36.2. The molecule has 1 heteroatoms. The summed E-state index contributed by atoms with van der Waals surface area (Å²) in [5.41, 5.74) is 3.56. The van der Waals surface area contributed by atoms with E-state index in [0.29, 0.717) is 16.7 Å². The van der Waals surface area contributed by atoms with Crippen LogP contribution in [0.15, 0.2) is 23.8 Å². The number of allylic oxidation sites excluding steroid dienone is 3. The third-order valence-corrected chi connectivity index (χ3v) is 6.50. The van der Waals surface area contributed by atoms with Crippen molar-refractivity contribution in [3.8, 4) is 0 Å². The number of carbonyl (C=O) groups excluding carboxylic acids is 1. The van der Waals surface area contributed by atoms with Crippen molar-refractivity contribution in [2.75, 3.05) is 0 Å². The van der Waals surface area contributed by atoms with Gasteiger partial charge in [0.05, 0.1) is 0 Å². The molecular formula is C20H32O. The van der Waals surface area contributed by atoms with Crippen molar-refractivity contribution in [1.82, 2.24) is 0 Å². The van der Waals surface area contributed by atoms with Crippen LogP contribution >= 0.6 is 0 Å². The lowest BCUT2D eigenvalue weighted by molar-refractivity contribution is -0.104. The first-order chi connectivity index (χ1) is 9.81. The highest BCUT2D eigenvalue weighted by molar-refractivity contribution is 5.65. The average molecular weight is 288 g/mol. The molecule has 3 atom stereocenters. The lowest BCUT2D eigenvalue weighted by Crippen LogP contribution is -2.49. The Morgan fingerprint density at radius 1 is 1.33 bits per heavy atom. The van der Waals surface area contributed by atoms with Crippen LogP contribution in [0.4, 0.5) is 0 Å². The fourth-order valence-electron chi connectivity index (χ4n) is 5.38. The predicted octanol–water partition coefficient (Wildman–Crippen LogP) is 5.71.